The molecule has 1 saturated carbocycles. The highest BCUT2D eigenvalue weighted by atomic mass is 19.4. The van der Waals surface area contributed by atoms with E-state index in [1.54, 1.807) is 10.9 Å². The quantitative estimate of drug-likeness (QED) is 0.498. The Balaban J connectivity index is 1.41. The lowest BCUT2D eigenvalue weighted by Gasteiger charge is -2.11. The molecule has 0 unspecified atom stereocenters. The highest BCUT2D eigenvalue weighted by molar-refractivity contribution is 6.08. The van der Waals surface area contributed by atoms with E-state index in [9.17, 15) is 18.0 Å². The number of carbonyl (C=O) groups is 1. The van der Waals surface area contributed by atoms with E-state index in [1.807, 2.05) is 31.2 Å². The molecule has 1 fully saturated rings. The molecule has 5 rings (SSSR count). The molecule has 0 bridgehead atoms. The lowest BCUT2D eigenvalue weighted by Crippen LogP contribution is -2.16. The zero-order valence-corrected chi connectivity index (χ0v) is 17.1. The van der Waals surface area contributed by atoms with Crippen molar-refractivity contribution in [2.75, 3.05) is 5.32 Å². The summed E-state index contributed by atoms with van der Waals surface area (Å²) in [5.41, 5.74) is 1.89. The maximum Gasteiger partial charge on any atom is 0.433 e. The fourth-order valence-electron chi connectivity index (χ4n) is 3.64. The summed E-state index contributed by atoms with van der Waals surface area (Å²) in [6.07, 6.45) is 1.23. The second-order valence-electron chi connectivity index (χ2n) is 8.00. The van der Waals surface area contributed by atoms with Crippen LogP contribution in [0.5, 0.6) is 0 Å². The molecule has 1 aliphatic carbocycles. The second-order valence-corrected chi connectivity index (χ2v) is 8.00. The van der Waals surface area contributed by atoms with Crippen molar-refractivity contribution in [3.8, 4) is 0 Å². The predicted octanol–water partition coefficient (Wildman–Crippen LogP) is 4.43. The van der Waals surface area contributed by atoms with Gasteiger partial charge in [-0.25, -0.2) is 9.50 Å². The van der Waals surface area contributed by atoms with Crippen LogP contribution in [-0.4, -0.2) is 30.3 Å². The van der Waals surface area contributed by atoms with Gasteiger partial charge in [0, 0.05) is 17.8 Å². The van der Waals surface area contributed by atoms with E-state index >= 15 is 0 Å². The number of hydrogen-bond acceptors (Lipinski definition) is 4. The first-order chi connectivity index (χ1) is 15.3. The molecule has 0 spiro atoms. The van der Waals surface area contributed by atoms with E-state index in [2.05, 4.69) is 20.5 Å². The molecule has 3 heterocycles. The number of carbonyl (C=O) groups excluding carboxylic acids is 1. The number of anilines is 1. The summed E-state index contributed by atoms with van der Waals surface area (Å²) in [7, 11) is 0. The number of nitrogens with zero attached hydrogens (tertiary/aromatic N) is 5. The molecule has 0 aliphatic heterocycles. The van der Waals surface area contributed by atoms with Crippen LogP contribution < -0.4 is 5.32 Å². The summed E-state index contributed by atoms with van der Waals surface area (Å²) in [5.74, 6) is -0.601. The average molecular weight is 440 g/mol. The first kappa shape index (κ1) is 20.2. The van der Waals surface area contributed by atoms with Crippen LogP contribution in [0, 0.1) is 6.92 Å². The van der Waals surface area contributed by atoms with Crippen molar-refractivity contribution in [1.29, 1.82) is 0 Å². The van der Waals surface area contributed by atoms with Crippen molar-refractivity contribution < 1.29 is 18.0 Å². The molecule has 0 saturated heterocycles. The number of benzene rings is 1. The number of amides is 1. The second kappa shape index (κ2) is 7.47. The van der Waals surface area contributed by atoms with Crippen molar-refractivity contribution in [2.45, 2.75) is 38.4 Å². The highest BCUT2D eigenvalue weighted by Crippen LogP contribution is 2.41. The third-order valence-electron chi connectivity index (χ3n) is 5.34. The maximum absolute atomic E-state index is 13.5. The van der Waals surface area contributed by atoms with E-state index in [-0.39, 0.29) is 17.1 Å². The topological polar surface area (TPSA) is 77.1 Å². The lowest BCUT2D eigenvalue weighted by molar-refractivity contribution is -0.142. The molecular weight excluding hydrogens is 421 g/mol. The van der Waals surface area contributed by atoms with Crippen LogP contribution in [0.2, 0.25) is 0 Å². The first-order valence-corrected chi connectivity index (χ1v) is 10.1. The number of aryl methyl sites for hydroxylation is 1. The zero-order chi connectivity index (χ0) is 22.5. The van der Waals surface area contributed by atoms with E-state index in [0.717, 1.165) is 36.2 Å². The van der Waals surface area contributed by atoms with E-state index in [4.69, 9.17) is 0 Å². The number of aromatic nitrogens is 5. The molecule has 10 heteroatoms. The van der Waals surface area contributed by atoms with Gasteiger partial charge in [0.2, 0.25) is 0 Å². The number of rotatable bonds is 5. The van der Waals surface area contributed by atoms with Crippen LogP contribution in [-0.2, 0) is 12.7 Å². The third-order valence-corrected chi connectivity index (χ3v) is 5.34. The van der Waals surface area contributed by atoms with Gasteiger partial charge in [0.1, 0.15) is 11.3 Å². The fraction of sp³-hybridized carbons (Fsp3) is 0.273. The summed E-state index contributed by atoms with van der Waals surface area (Å²) in [4.78, 5) is 17.2. The summed E-state index contributed by atoms with van der Waals surface area (Å²) < 4.78 is 43.0. The van der Waals surface area contributed by atoms with Gasteiger partial charge in [-0.2, -0.15) is 23.4 Å². The van der Waals surface area contributed by atoms with Crippen LogP contribution in [0.15, 0.2) is 48.9 Å². The predicted molar refractivity (Wildman–Crippen MR) is 110 cm³/mol. The Morgan fingerprint density at radius 3 is 2.72 bits per heavy atom. The number of nitrogens with one attached hydrogen (secondary N) is 1. The van der Waals surface area contributed by atoms with E-state index < -0.39 is 17.8 Å². The number of hydrogen-bond donors (Lipinski definition) is 1. The van der Waals surface area contributed by atoms with Gasteiger partial charge in [0.05, 0.1) is 24.6 Å². The molecule has 1 amide bonds. The molecule has 1 N–H and O–H groups in total. The number of alkyl halides is 3. The highest BCUT2D eigenvalue weighted by Gasteiger charge is 2.38. The van der Waals surface area contributed by atoms with Crippen LogP contribution >= 0.6 is 0 Å². The van der Waals surface area contributed by atoms with Crippen molar-refractivity contribution >= 4 is 17.2 Å². The van der Waals surface area contributed by atoms with Gasteiger partial charge in [-0.1, -0.05) is 29.8 Å². The molecule has 0 radical (unpaired) electrons. The summed E-state index contributed by atoms with van der Waals surface area (Å²) in [6, 6.07) is 9.00. The van der Waals surface area contributed by atoms with Crippen molar-refractivity contribution in [3.63, 3.8) is 0 Å². The van der Waals surface area contributed by atoms with Gasteiger partial charge < -0.3 is 5.32 Å². The monoisotopic (exact) mass is 440 g/mol. The molecule has 164 valence electrons. The van der Waals surface area contributed by atoms with Crippen LogP contribution in [0.3, 0.4) is 0 Å². The van der Waals surface area contributed by atoms with E-state index in [1.165, 1.54) is 6.20 Å². The van der Waals surface area contributed by atoms with Crippen LogP contribution in [0.4, 0.5) is 18.9 Å². The molecule has 0 atom stereocenters. The number of fused-ring (bicyclic) bond motifs is 1. The number of halogens is 3. The Morgan fingerprint density at radius 2 is 2.00 bits per heavy atom. The Morgan fingerprint density at radius 1 is 1.19 bits per heavy atom. The normalized spacial score (nSPS) is 14.1. The Labute approximate surface area is 180 Å². The summed E-state index contributed by atoms with van der Waals surface area (Å²) in [5, 5.41) is 10.7. The maximum atomic E-state index is 13.5. The SMILES string of the molecule is Cc1cccc(Cn2cc(NC(=O)c3cnn4c(C(F)(F)F)cc(C5CC5)nc34)cn2)c1. The van der Waals surface area contributed by atoms with Crippen LogP contribution in [0.1, 0.15) is 51.6 Å². The Hall–Kier alpha value is -3.69. The molecule has 3 aromatic heterocycles. The Bertz CT molecular complexity index is 1320. The van der Waals surface area contributed by atoms with Crippen LogP contribution in [0.25, 0.3) is 5.65 Å². The van der Waals surface area contributed by atoms with Gasteiger partial charge >= 0.3 is 6.18 Å². The molecule has 1 aromatic carbocycles. The standard InChI is InChI=1S/C22H19F3N6O/c1-13-3-2-4-14(7-13)11-30-12-16(9-26-30)28-21(32)17-10-27-31-19(22(23,24)25)8-18(15-5-6-15)29-20(17)31/h2-4,7-10,12,15H,5-6,11H2,1H3,(H,28,32). The molecule has 32 heavy (non-hydrogen) atoms. The molecule has 4 aromatic rings. The van der Waals surface area contributed by atoms with Gasteiger partial charge in [-0.15, -0.1) is 0 Å². The molecule has 7 nitrogen and oxygen atoms in total. The van der Waals surface area contributed by atoms with Gasteiger partial charge in [-0.05, 0) is 31.4 Å². The lowest BCUT2D eigenvalue weighted by atomic mass is 10.1. The molecule has 1 aliphatic rings. The molecular formula is C22H19F3N6O. The fourth-order valence-corrected chi connectivity index (χ4v) is 3.64. The smallest absolute Gasteiger partial charge is 0.319 e. The zero-order valence-electron chi connectivity index (χ0n) is 17.1. The minimum absolute atomic E-state index is 0.00762. The van der Waals surface area contributed by atoms with Gasteiger partial charge in [0.15, 0.2) is 5.65 Å². The minimum Gasteiger partial charge on any atom is -0.319 e. The van der Waals surface area contributed by atoms with Crippen molar-refractivity contribution in [3.05, 3.63) is 77.0 Å². The summed E-state index contributed by atoms with van der Waals surface area (Å²) >= 11 is 0. The minimum atomic E-state index is -4.61. The third kappa shape index (κ3) is 3.95. The Kier molecular flexibility index (Phi) is 4.72. The largest absolute Gasteiger partial charge is 0.433 e. The van der Waals surface area contributed by atoms with Gasteiger partial charge in [0.25, 0.3) is 5.91 Å². The van der Waals surface area contributed by atoms with Gasteiger partial charge in [-0.3, -0.25) is 9.48 Å². The summed E-state index contributed by atoms with van der Waals surface area (Å²) in [6.45, 7) is 2.52. The van der Waals surface area contributed by atoms with Crippen molar-refractivity contribution in [1.82, 2.24) is 24.4 Å². The first-order valence-electron chi connectivity index (χ1n) is 10.1. The van der Waals surface area contributed by atoms with E-state index in [0.29, 0.717) is 22.4 Å². The van der Waals surface area contributed by atoms with Crippen molar-refractivity contribution in [2.24, 2.45) is 0 Å². The average Bonchev–Trinajstić information content (AvgIpc) is 3.35.